The predicted octanol–water partition coefficient (Wildman–Crippen LogP) is 3.50. The number of nitrogens with one attached hydrogen (secondary N) is 2. The Morgan fingerprint density at radius 3 is 2.73 bits per heavy atom. The molecule has 26 heavy (non-hydrogen) atoms. The number of imide groups is 1. The molecule has 1 aliphatic rings. The number of urea groups is 1. The number of benzene rings is 1. The van der Waals surface area contributed by atoms with E-state index in [2.05, 4.69) is 10.6 Å². The van der Waals surface area contributed by atoms with E-state index in [1.165, 1.54) is 11.3 Å². The summed E-state index contributed by atoms with van der Waals surface area (Å²) in [5.74, 6) is -0.978. The van der Waals surface area contributed by atoms with Crippen molar-refractivity contribution < 1.29 is 14.4 Å². The number of rotatable bonds is 5. The summed E-state index contributed by atoms with van der Waals surface area (Å²) in [6.07, 6.45) is 2.30. The van der Waals surface area contributed by atoms with Crippen LogP contribution in [0.1, 0.15) is 17.4 Å². The zero-order valence-electron chi connectivity index (χ0n) is 13.9. The van der Waals surface area contributed by atoms with E-state index in [4.69, 9.17) is 11.6 Å². The van der Waals surface area contributed by atoms with Crippen molar-refractivity contribution in [2.24, 2.45) is 0 Å². The van der Waals surface area contributed by atoms with E-state index in [1.54, 1.807) is 24.3 Å². The van der Waals surface area contributed by atoms with Crippen LogP contribution in [0, 0.1) is 0 Å². The quantitative estimate of drug-likeness (QED) is 0.606. The second-order valence-electron chi connectivity index (χ2n) is 5.58. The van der Waals surface area contributed by atoms with Gasteiger partial charge < -0.3 is 10.6 Å². The number of nitrogens with zero attached hydrogens (tertiary/aromatic N) is 1. The van der Waals surface area contributed by atoms with E-state index in [-0.39, 0.29) is 12.2 Å². The largest absolute Gasteiger partial charge is 0.329 e. The first-order valence-corrected chi connectivity index (χ1v) is 9.15. The van der Waals surface area contributed by atoms with Crippen LogP contribution in [0.25, 0.3) is 6.08 Å². The van der Waals surface area contributed by atoms with Gasteiger partial charge in [-0.2, -0.15) is 0 Å². The maximum absolute atomic E-state index is 12.4. The molecule has 4 amide bonds. The van der Waals surface area contributed by atoms with Gasteiger partial charge in [-0.05, 0) is 36.3 Å². The van der Waals surface area contributed by atoms with E-state index >= 15 is 0 Å². The molecule has 8 heteroatoms. The summed E-state index contributed by atoms with van der Waals surface area (Å²) in [7, 11) is 0. The summed E-state index contributed by atoms with van der Waals surface area (Å²) in [4.78, 5) is 38.3. The van der Waals surface area contributed by atoms with Crippen molar-refractivity contribution in [3.05, 3.63) is 56.9 Å². The Morgan fingerprint density at radius 2 is 2.04 bits per heavy atom. The summed E-state index contributed by atoms with van der Waals surface area (Å²) in [5, 5.41) is 5.24. The second-order valence-corrected chi connectivity index (χ2v) is 7.33. The monoisotopic (exact) mass is 389 g/mol. The van der Waals surface area contributed by atoms with E-state index in [1.807, 2.05) is 25.1 Å². The maximum Gasteiger partial charge on any atom is 0.329 e. The van der Waals surface area contributed by atoms with Gasteiger partial charge in [-0.25, -0.2) is 9.69 Å². The SMILES string of the molecule is CCc1ccccc1NC(=O)CN1C(=O)NC(=Cc2ccc(Cl)s2)C1=O. The summed E-state index contributed by atoms with van der Waals surface area (Å²) >= 11 is 7.15. The topological polar surface area (TPSA) is 78.5 Å². The predicted molar refractivity (Wildman–Crippen MR) is 102 cm³/mol. The first kappa shape index (κ1) is 18.2. The molecule has 1 fully saturated rings. The van der Waals surface area contributed by atoms with Crippen molar-refractivity contribution in [1.82, 2.24) is 10.2 Å². The normalized spacial score (nSPS) is 15.5. The second kappa shape index (κ2) is 7.72. The molecule has 0 radical (unpaired) electrons. The number of para-hydroxylation sites is 1. The number of hydrogen-bond acceptors (Lipinski definition) is 4. The Morgan fingerprint density at radius 1 is 1.27 bits per heavy atom. The Bertz CT molecular complexity index is 907. The van der Waals surface area contributed by atoms with E-state index in [9.17, 15) is 14.4 Å². The van der Waals surface area contributed by atoms with Crippen LogP contribution in [-0.4, -0.2) is 29.3 Å². The third-order valence-corrected chi connectivity index (χ3v) is 5.00. The zero-order chi connectivity index (χ0) is 18.7. The highest BCUT2D eigenvalue weighted by molar-refractivity contribution is 7.17. The van der Waals surface area contributed by atoms with Gasteiger partial charge in [0.25, 0.3) is 5.91 Å². The molecule has 0 aliphatic carbocycles. The standard InChI is InChI=1S/C18H16ClN3O3S/c1-2-11-5-3-4-6-13(11)20-16(23)10-22-17(24)14(21-18(22)25)9-12-7-8-15(19)26-12/h3-9H,2,10H2,1H3,(H,20,23)(H,21,25). The third-order valence-electron chi connectivity index (χ3n) is 3.82. The number of hydrogen-bond donors (Lipinski definition) is 2. The Balaban J connectivity index is 1.69. The number of halogens is 1. The minimum absolute atomic E-state index is 0.121. The van der Waals surface area contributed by atoms with Gasteiger partial charge in [-0.3, -0.25) is 9.59 Å². The molecule has 0 atom stereocenters. The first-order valence-electron chi connectivity index (χ1n) is 7.95. The Kier molecular flexibility index (Phi) is 5.39. The summed E-state index contributed by atoms with van der Waals surface area (Å²) < 4.78 is 0.583. The van der Waals surface area contributed by atoms with Crippen LogP contribution in [0.4, 0.5) is 10.5 Å². The molecule has 1 saturated heterocycles. The zero-order valence-corrected chi connectivity index (χ0v) is 15.5. The molecule has 1 aliphatic heterocycles. The van der Waals surface area contributed by atoms with Crippen LogP contribution in [0.5, 0.6) is 0 Å². The summed E-state index contributed by atoms with van der Waals surface area (Å²) in [6.45, 7) is 1.63. The fourth-order valence-electron chi connectivity index (χ4n) is 2.55. The third kappa shape index (κ3) is 3.95. The van der Waals surface area contributed by atoms with Crippen molar-refractivity contribution in [3.8, 4) is 0 Å². The lowest BCUT2D eigenvalue weighted by Gasteiger charge is -2.13. The van der Waals surface area contributed by atoms with Gasteiger partial charge >= 0.3 is 6.03 Å². The lowest BCUT2D eigenvalue weighted by molar-refractivity contribution is -0.127. The Labute approximate surface area is 159 Å². The summed E-state index contributed by atoms with van der Waals surface area (Å²) in [6, 6.07) is 10.2. The molecule has 6 nitrogen and oxygen atoms in total. The van der Waals surface area contributed by atoms with Crippen LogP contribution in [0.15, 0.2) is 42.1 Å². The van der Waals surface area contributed by atoms with Crippen LogP contribution in [-0.2, 0) is 16.0 Å². The molecule has 0 bridgehead atoms. The lowest BCUT2D eigenvalue weighted by Crippen LogP contribution is -2.38. The minimum Gasteiger partial charge on any atom is -0.324 e. The van der Waals surface area contributed by atoms with Crippen molar-refractivity contribution in [2.75, 3.05) is 11.9 Å². The molecule has 1 aromatic carbocycles. The molecule has 1 aromatic heterocycles. The highest BCUT2D eigenvalue weighted by Gasteiger charge is 2.35. The number of anilines is 1. The number of carbonyl (C=O) groups excluding carboxylic acids is 3. The van der Waals surface area contributed by atoms with Crippen LogP contribution in [0.2, 0.25) is 4.34 Å². The molecular formula is C18H16ClN3O3S. The molecule has 3 rings (SSSR count). The highest BCUT2D eigenvalue weighted by Crippen LogP contribution is 2.24. The van der Waals surface area contributed by atoms with Gasteiger partial charge in [-0.15, -0.1) is 11.3 Å². The van der Waals surface area contributed by atoms with Gasteiger partial charge in [-0.1, -0.05) is 36.7 Å². The average Bonchev–Trinajstić information content (AvgIpc) is 3.13. The molecule has 2 N–H and O–H groups in total. The van der Waals surface area contributed by atoms with E-state index < -0.39 is 17.8 Å². The smallest absolute Gasteiger partial charge is 0.324 e. The molecule has 0 saturated carbocycles. The molecule has 2 heterocycles. The molecule has 134 valence electrons. The van der Waals surface area contributed by atoms with Crippen LogP contribution in [0.3, 0.4) is 0 Å². The van der Waals surface area contributed by atoms with Gasteiger partial charge in [0.1, 0.15) is 12.2 Å². The number of aryl methyl sites for hydroxylation is 1. The minimum atomic E-state index is -0.622. The summed E-state index contributed by atoms with van der Waals surface area (Å²) in [5.41, 5.74) is 1.78. The van der Waals surface area contributed by atoms with Crippen molar-refractivity contribution in [2.45, 2.75) is 13.3 Å². The van der Waals surface area contributed by atoms with E-state index in [0.717, 1.165) is 21.8 Å². The van der Waals surface area contributed by atoms with Crippen molar-refractivity contribution >= 4 is 52.5 Å². The molecule has 0 spiro atoms. The maximum atomic E-state index is 12.4. The van der Waals surface area contributed by atoms with Crippen molar-refractivity contribution in [1.29, 1.82) is 0 Å². The van der Waals surface area contributed by atoms with Gasteiger partial charge in [0.2, 0.25) is 5.91 Å². The molecule has 2 aromatic rings. The van der Waals surface area contributed by atoms with Crippen LogP contribution >= 0.6 is 22.9 Å². The fourth-order valence-corrected chi connectivity index (χ4v) is 3.55. The fraction of sp³-hybridized carbons (Fsp3) is 0.167. The van der Waals surface area contributed by atoms with Gasteiger partial charge in [0.15, 0.2) is 0 Å². The number of thiophene rings is 1. The van der Waals surface area contributed by atoms with Gasteiger partial charge in [0, 0.05) is 10.6 Å². The average molecular weight is 390 g/mol. The van der Waals surface area contributed by atoms with Gasteiger partial charge in [0.05, 0.1) is 4.34 Å². The van der Waals surface area contributed by atoms with Crippen molar-refractivity contribution in [3.63, 3.8) is 0 Å². The lowest BCUT2D eigenvalue weighted by atomic mass is 10.1. The Hall–Kier alpha value is -2.64. The molecule has 0 unspecified atom stereocenters. The molecular weight excluding hydrogens is 374 g/mol. The highest BCUT2D eigenvalue weighted by atomic mass is 35.5. The van der Waals surface area contributed by atoms with Crippen LogP contribution < -0.4 is 10.6 Å². The number of amides is 4. The first-order chi connectivity index (χ1) is 12.5. The number of carbonyl (C=O) groups is 3. The van der Waals surface area contributed by atoms with E-state index in [0.29, 0.717) is 10.0 Å².